The van der Waals surface area contributed by atoms with Crippen molar-refractivity contribution in [3.05, 3.63) is 64.5 Å². The Morgan fingerprint density at radius 3 is 2.63 bits per heavy atom. The molecule has 3 aromatic rings. The lowest BCUT2D eigenvalue weighted by Crippen LogP contribution is -2.28. The highest BCUT2D eigenvalue weighted by atomic mass is 32.2. The van der Waals surface area contributed by atoms with E-state index in [2.05, 4.69) is 20.6 Å². The SMILES string of the molecule is CSc1ccc(C(=O)NCCNc2ncnc3ccc([N+](=O)[O-])cc23)cc1. The summed E-state index contributed by atoms with van der Waals surface area (Å²) in [5, 5.41) is 17.4. The fourth-order valence-electron chi connectivity index (χ4n) is 2.50. The summed E-state index contributed by atoms with van der Waals surface area (Å²) < 4.78 is 0. The molecule has 2 N–H and O–H groups in total. The second-order valence-electron chi connectivity index (χ2n) is 5.59. The highest BCUT2D eigenvalue weighted by molar-refractivity contribution is 7.98. The molecule has 9 heteroatoms. The lowest BCUT2D eigenvalue weighted by atomic mass is 10.2. The molecule has 2 aromatic carbocycles. The number of rotatable bonds is 7. The summed E-state index contributed by atoms with van der Waals surface area (Å²) in [4.78, 5) is 32.0. The minimum Gasteiger partial charge on any atom is -0.368 e. The number of carbonyl (C=O) groups excluding carboxylic acids is 1. The van der Waals surface area contributed by atoms with Gasteiger partial charge in [-0.3, -0.25) is 14.9 Å². The van der Waals surface area contributed by atoms with Crippen LogP contribution in [0.2, 0.25) is 0 Å². The number of nitro benzene ring substituents is 1. The van der Waals surface area contributed by atoms with Crippen molar-refractivity contribution in [1.82, 2.24) is 15.3 Å². The average molecular weight is 383 g/mol. The Hall–Kier alpha value is -3.20. The Morgan fingerprint density at radius 1 is 1.15 bits per heavy atom. The lowest BCUT2D eigenvalue weighted by molar-refractivity contribution is -0.384. The summed E-state index contributed by atoms with van der Waals surface area (Å²) in [5.74, 6) is 0.329. The number of amides is 1. The molecule has 1 heterocycles. The number of non-ortho nitro benzene ring substituents is 1. The molecule has 1 amide bonds. The number of thioether (sulfide) groups is 1. The van der Waals surface area contributed by atoms with Crippen LogP contribution in [0.3, 0.4) is 0 Å². The average Bonchev–Trinajstić information content (AvgIpc) is 2.70. The molecule has 138 valence electrons. The van der Waals surface area contributed by atoms with E-state index in [0.717, 1.165) is 4.90 Å². The zero-order valence-electron chi connectivity index (χ0n) is 14.5. The molecule has 0 aliphatic carbocycles. The van der Waals surface area contributed by atoms with Gasteiger partial charge in [0.2, 0.25) is 0 Å². The van der Waals surface area contributed by atoms with Crippen LogP contribution in [0, 0.1) is 10.1 Å². The molecule has 0 saturated heterocycles. The van der Waals surface area contributed by atoms with Gasteiger partial charge in [-0.2, -0.15) is 0 Å². The molecule has 1 aromatic heterocycles. The van der Waals surface area contributed by atoms with Crippen LogP contribution in [0.25, 0.3) is 10.9 Å². The van der Waals surface area contributed by atoms with Crippen LogP contribution in [-0.4, -0.2) is 40.1 Å². The van der Waals surface area contributed by atoms with E-state index in [1.165, 1.54) is 18.5 Å². The minimum absolute atomic E-state index is 0.0256. The number of nitrogens with one attached hydrogen (secondary N) is 2. The molecule has 0 saturated carbocycles. The highest BCUT2D eigenvalue weighted by Gasteiger charge is 2.10. The van der Waals surface area contributed by atoms with E-state index >= 15 is 0 Å². The molecule has 8 nitrogen and oxygen atoms in total. The van der Waals surface area contributed by atoms with Gasteiger partial charge in [0.1, 0.15) is 12.1 Å². The Morgan fingerprint density at radius 2 is 1.93 bits per heavy atom. The summed E-state index contributed by atoms with van der Waals surface area (Å²) in [7, 11) is 0. The third kappa shape index (κ3) is 4.50. The summed E-state index contributed by atoms with van der Waals surface area (Å²) in [5.41, 5.74) is 1.18. The fraction of sp³-hybridized carbons (Fsp3) is 0.167. The van der Waals surface area contributed by atoms with Crippen molar-refractivity contribution in [2.45, 2.75) is 4.90 Å². The van der Waals surface area contributed by atoms with E-state index in [-0.39, 0.29) is 11.6 Å². The zero-order valence-corrected chi connectivity index (χ0v) is 15.3. The Labute approximate surface area is 159 Å². The summed E-state index contributed by atoms with van der Waals surface area (Å²) >= 11 is 1.62. The maximum absolute atomic E-state index is 12.1. The quantitative estimate of drug-likeness (QED) is 0.279. The van der Waals surface area contributed by atoms with E-state index in [4.69, 9.17) is 0 Å². The van der Waals surface area contributed by atoms with E-state index in [1.807, 2.05) is 18.4 Å². The highest BCUT2D eigenvalue weighted by Crippen LogP contribution is 2.24. The van der Waals surface area contributed by atoms with Crippen LogP contribution in [0.1, 0.15) is 10.4 Å². The molecule has 3 rings (SSSR count). The number of fused-ring (bicyclic) bond motifs is 1. The van der Waals surface area contributed by atoms with E-state index in [0.29, 0.717) is 35.4 Å². The number of carbonyl (C=O) groups is 1. The van der Waals surface area contributed by atoms with Crippen molar-refractivity contribution in [3.63, 3.8) is 0 Å². The van der Waals surface area contributed by atoms with Crippen LogP contribution < -0.4 is 10.6 Å². The largest absolute Gasteiger partial charge is 0.368 e. The van der Waals surface area contributed by atoms with Crippen LogP contribution in [0.5, 0.6) is 0 Å². The topological polar surface area (TPSA) is 110 Å². The van der Waals surface area contributed by atoms with Gasteiger partial charge < -0.3 is 10.6 Å². The predicted molar refractivity (Wildman–Crippen MR) is 105 cm³/mol. The number of hydrogen-bond donors (Lipinski definition) is 2. The number of benzene rings is 2. The number of nitro groups is 1. The Kier molecular flexibility index (Phi) is 5.82. The zero-order chi connectivity index (χ0) is 19.2. The normalized spacial score (nSPS) is 10.6. The first kappa shape index (κ1) is 18.6. The third-order valence-electron chi connectivity index (χ3n) is 3.88. The van der Waals surface area contributed by atoms with Crippen LogP contribution in [0.15, 0.2) is 53.7 Å². The Bertz CT molecular complexity index is 978. The predicted octanol–water partition coefficient (Wildman–Crippen LogP) is 3.10. The first-order chi connectivity index (χ1) is 13.1. The van der Waals surface area contributed by atoms with Crippen molar-refractivity contribution in [2.75, 3.05) is 24.7 Å². The maximum Gasteiger partial charge on any atom is 0.270 e. The molecular weight excluding hydrogens is 366 g/mol. The summed E-state index contributed by atoms with van der Waals surface area (Å²) in [6, 6.07) is 11.8. The number of hydrogen-bond acceptors (Lipinski definition) is 7. The molecule has 0 bridgehead atoms. The number of aromatic nitrogens is 2. The van der Waals surface area contributed by atoms with E-state index in [1.54, 1.807) is 30.0 Å². The summed E-state index contributed by atoms with van der Waals surface area (Å²) in [6.45, 7) is 0.799. The van der Waals surface area contributed by atoms with E-state index < -0.39 is 4.92 Å². The van der Waals surface area contributed by atoms with Gasteiger partial charge in [0, 0.05) is 41.1 Å². The molecule has 0 atom stereocenters. The summed E-state index contributed by atoms with van der Waals surface area (Å²) in [6.07, 6.45) is 3.37. The van der Waals surface area contributed by atoms with Crippen LogP contribution >= 0.6 is 11.8 Å². The fourth-order valence-corrected chi connectivity index (χ4v) is 2.91. The van der Waals surface area contributed by atoms with Crippen LogP contribution in [0.4, 0.5) is 11.5 Å². The van der Waals surface area contributed by atoms with Gasteiger partial charge in [-0.1, -0.05) is 0 Å². The second-order valence-corrected chi connectivity index (χ2v) is 6.47. The van der Waals surface area contributed by atoms with Gasteiger partial charge in [0.15, 0.2) is 0 Å². The molecule has 0 aliphatic rings. The van der Waals surface area contributed by atoms with Crippen molar-refractivity contribution in [3.8, 4) is 0 Å². The first-order valence-electron chi connectivity index (χ1n) is 8.14. The van der Waals surface area contributed by atoms with Crippen molar-refractivity contribution in [1.29, 1.82) is 0 Å². The monoisotopic (exact) mass is 383 g/mol. The number of nitrogens with zero attached hydrogens (tertiary/aromatic N) is 3. The molecular formula is C18H17N5O3S. The smallest absolute Gasteiger partial charge is 0.270 e. The van der Waals surface area contributed by atoms with E-state index in [9.17, 15) is 14.9 Å². The van der Waals surface area contributed by atoms with Gasteiger partial charge in [0.25, 0.3) is 11.6 Å². The lowest BCUT2D eigenvalue weighted by Gasteiger charge is -2.09. The van der Waals surface area contributed by atoms with Crippen molar-refractivity contribution < 1.29 is 9.72 Å². The molecule has 0 fully saturated rings. The van der Waals surface area contributed by atoms with Gasteiger partial charge in [-0.05, 0) is 36.6 Å². The van der Waals surface area contributed by atoms with Crippen molar-refractivity contribution in [2.24, 2.45) is 0 Å². The number of anilines is 1. The minimum atomic E-state index is -0.460. The van der Waals surface area contributed by atoms with Crippen LogP contribution in [-0.2, 0) is 0 Å². The second kappa shape index (κ2) is 8.45. The van der Waals surface area contributed by atoms with Gasteiger partial charge in [0.05, 0.1) is 10.4 Å². The van der Waals surface area contributed by atoms with Gasteiger partial charge in [-0.25, -0.2) is 9.97 Å². The standard InChI is InChI=1S/C18H17N5O3S/c1-27-14-5-2-12(3-6-14)18(24)20-9-8-19-17-15-10-13(23(25)26)4-7-16(15)21-11-22-17/h2-7,10-11H,8-9H2,1H3,(H,20,24)(H,19,21,22). The molecule has 0 unspecified atom stereocenters. The maximum atomic E-state index is 12.1. The first-order valence-corrected chi connectivity index (χ1v) is 9.36. The molecule has 27 heavy (non-hydrogen) atoms. The van der Waals surface area contributed by atoms with Gasteiger partial charge in [-0.15, -0.1) is 11.8 Å². The molecule has 0 radical (unpaired) electrons. The molecule has 0 spiro atoms. The van der Waals surface area contributed by atoms with Crippen molar-refractivity contribution >= 4 is 40.1 Å². The van der Waals surface area contributed by atoms with Gasteiger partial charge >= 0.3 is 0 Å². The Balaban J connectivity index is 1.60. The molecule has 0 aliphatic heterocycles. The third-order valence-corrected chi connectivity index (χ3v) is 4.63.